The van der Waals surface area contributed by atoms with Crippen LogP contribution in [0.3, 0.4) is 0 Å². The van der Waals surface area contributed by atoms with E-state index >= 15 is 0 Å². The molecule has 0 spiro atoms. The lowest BCUT2D eigenvalue weighted by atomic mass is 10.2. The molecular weight excluding hydrogens is 391 g/mol. The Balaban J connectivity index is 1.26. The average molecular weight is 408 g/mol. The second-order valence-electron chi connectivity index (χ2n) is 6.98. The van der Waals surface area contributed by atoms with Crippen LogP contribution in [-0.4, -0.2) is 37.3 Å². The summed E-state index contributed by atoms with van der Waals surface area (Å²) in [6.45, 7) is -0.0348. The standard InChI is InChI=1S/C20H17FN6O3/c21-13-5-7-14(8-6-13)29-11-17(28)22-10-16-24-25-19-15(2-1-9-27(16)19)20-23-18(26-30-20)12-3-4-12/h1-2,5-9,12H,3-4,10-11H2,(H,22,28). The maximum absolute atomic E-state index is 12.9. The molecule has 0 bridgehead atoms. The van der Waals surface area contributed by atoms with Crippen LogP contribution in [0.15, 0.2) is 47.1 Å². The number of nitrogens with zero attached hydrogens (tertiary/aromatic N) is 5. The Labute approximate surface area is 169 Å². The van der Waals surface area contributed by atoms with Crippen molar-refractivity contribution in [3.8, 4) is 17.2 Å². The minimum absolute atomic E-state index is 0.160. The minimum Gasteiger partial charge on any atom is -0.484 e. The largest absolute Gasteiger partial charge is 0.484 e. The van der Waals surface area contributed by atoms with E-state index in [1.807, 2.05) is 12.1 Å². The number of benzene rings is 1. The molecule has 0 aliphatic heterocycles. The van der Waals surface area contributed by atoms with Crippen molar-refractivity contribution in [3.63, 3.8) is 0 Å². The highest BCUT2D eigenvalue weighted by Gasteiger charge is 2.29. The number of hydrogen-bond acceptors (Lipinski definition) is 7. The molecule has 3 heterocycles. The molecule has 152 valence electrons. The summed E-state index contributed by atoms with van der Waals surface area (Å²) in [7, 11) is 0. The van der Waals surface area contributed by atoms with Gasteiger partial charge in [-0.2, -0.15) is 4.98 Å². The van der Waals surface area contributed by atoms with Crippen LogP contribution in [0.1, 0.15) is 30.4 Å². The summed E-state index contributed by atoms with van der Waals surface area (Å²) >= 11 is 0. The second-order valence-corrected chi connectivity index (χ2v) is 6.98. The van der Waals surface area contributed by atoms with Crippen molar-refractivity contribution in [2.24, 2.45) is 0 Å². The first kappa shape index (κ1) is 18.2. The van der Waals surface area contributed by atoms with Crippen LogP contribution >= 0.6 is 0 Å². The van der Waals surface area contributed by atoms with E-state index in [0.29, 0.717) is 34.6 Å². The SMILES string of the molecule is O=C(COc1ccc(F)cc1)NCc1nnc2c(-c3nc(C4CC4)no3)cccn12. The number of amides is 1. The molecule has 1 aromatic carbocycles. The fraction of sp³-hybridized carbons (Fsp3) is 0.250. The summed E-state index contributed by atoms with van der Waals surface area (Å²) < 4.78 is 25.4. The molecule has 10 heteroatoms. The summed E-state index contributed by atoms with van der Waals surface area (Å²) in [6, 6.07) is 9.13. The number of carbonyl (C=O) groups is 1. The summed E-state index contributed by atoms with van der Waals surface area (Å²) in [5, 5.41) is 15.1. The molecule has 0 saturated heterocycles. The lowest BCUT2D eigenvalue weighted by molar-refractivity contribution is -0.123. The van der Waals surface area contributed by atoms with Crippen molar-refractivity contribution in [2.75, 3.05) is 6.61 Å². The van der Waals surface area contributed by atoms with Crippen molar-refractivity contribution in [3.05, 3.63) is 60.1 Å². The zero-order chi connectivity index (χ0) is 20.5. The van der Waals surface area contributed by atoms with E-state index in [9.17, 15) is 9.18 Å². The Morgan fingerprint density at radius 1 is 1.23 bits per heavy atom. The van der Waals surface area contributed by atoms with Gasteiger partial charge in [-0.05, 0) is 49.2 Å². The number of fused-ring (bicyclic) bond motifs is 1. The van der Waals surface area contributed by atoms with Gasteiger partial charge in [0.25, 0.3) is 11.8 Å². The Morgan fingerprint density at radius 3 is 2.87 bits per heavy atom. The molecule has 1 aliphatic rings. The maximum Gasteiger partial charge on any atom is 0.261 e. The smallest absolute Gasteiger partial charge is 0.261 e. The van der Waals surface area contributed by atoms with Crippen LogP contribution in [-0.2, 0) is 11.3 Å². The van der Waals surface area contributed by atoms with Gasteiger partial charge < -0.3 is 14.6 Å². The molecule has 1 saturated carbocycles. The third kappa shape index (κ3) is 3.71. The lowest BCUT2D eigenvalue weighted by Gasteiger charge is -2.07. The lowest BCUT2D eigenvalue weighted by Crippen LogP contribution is -2.29. The fourth-order valence-electron chi connectivity index (χ4n) is 3.01. The second kappa shape index (κ2) is 7.54. The summed E-state index contributed by atoms with van der Waals surface area (Å²) in [6.07, 6.45) is 3.97. The third-order valence-electron chi connectivity index (χ3n) is 4.75. The van der Waals surface area contributed by atoms with E-state index in [-0.39, 0.29) is 24.9 Å². The van der Waals surface area contributed by atoms with Gasteiger partial charge in [-0.3, -0.25) is 9.20 Å². The first-order valence-electron chi connectivity index (χ1n) is 9.49. The van der Waals surface area contributed by atoms with Crippen molar-refractivity contribution in [2.45, 2.75) is 25.3 Å². The van der Waals surface area contributed by atoms with E-state index in [2.05, 4.69) is 25.7 Å². The zero-order valence-electron chi connectivity index (χ0n) is 15.8. The van der Waals surface area contributed by atoms with Gasteiger partial charge in [-0.15, -0.1) is 10.2 Å². The van der Waals surface area contributed by atoms with E-state index in [0.717, 1.165) is 18.7 Å². The predicted octanol–water partition coefficient (Wildman–Crippen LogP) is 2.49. The van der Waals surface area contributed by atoms with Gasteiger partial charge in [-0.25, -0.2) is 4.39 Å². The molecule has 1 N–H and O–H groups in total. The van der Waals surface area contributed by atoms with Gasteiger partial charge >= 0.3 is 0 Å². The Kier molecular flexibility index (Phi) is 4.58. The topological polar surface area (TPSA) is 107 Å². The van der Waals surface area contributed by atoms with Gasteiger partial charge in [0.05, 0.1) is 12.1 Å². The molecular formula is C20H17FN6O3. The summed E-state index contributed by atoms with van der Waals surface area (Å²) in [5.41, 5.74) is 1.25. The number of ether oxygens (including phenoxy) is 1. The molecule has 0 radical (unpaired) electrons. The van der Waals surface area contributed by atoms with E-state index in [1.165, 1.54) is 24.3 Å². The van der Waals surface area contributed by atoms with Crippen LogP contribution in [0.4, 0.5) is 4.39 Å². The number of pyridine rings is 1. The van der Waals surface area contributed by atoms with Gasteiger partial charge in [0.15, 0.2) is 23.9 Å². The molecule has 1 amide bonds. The van der Waals surface area contributed by atoms with Gasteiger partial charge in [0.2, 0.25) is 0 Å². The molecule has 1 fully saturated rings. The molecule has 3 aromatic heterocycles. The van der Waals surface area contributed by atoms with Crippen LogP contribution < -0.4 is 10.1 Å². The molecule has 1 aliphatic carbocycles. The highest BCUT2D eigenvalue weighted by Crippen LogP contribution is 2.39. The highest BCUT2D eigenvalue weighted by atomic mass is 19.1. The molecule has 30 heavy (non-hydrogen) atoms. The van der Waals surface area contributed by atoms with Crippen molar-refractivity contribution in [1.82, 2.24) is 30.1 Å². The van der Waals surface area contributed by atoms with E-state index in [1.54, 1.807) is 10.6 Å². The van der Waals surface area contributed by atoms with Crippen molar-refractivity contribution >= 4 is 11.6 Å². The summed E-state index contributed by atoms with van der Waals surface area (Å²) in [5.74, 6) is 1.77. The summed E-state index contributed by atoms with van der Waals surface area (Å²) in [4.78, 5) is 16.5. The first-order valence-corrected chi connectivity index (χ1v) is 9.49. The number of nitrogens with one attached hydrogen (secondary N) is 1. The quantitative estimate of drug-likeness (QED) is 0.501. The van der Waals surface area contributed by atoms with Gasteiger partial charge in [0.1, 0.15) is 11.6 Å². The monoisotopic (exact) mass is 408 g/mol. The number of halogens is 1. The number of carbonyl (C=O) groups excluding carboxylic acids is 1. The maximum atomic E-state index is 12.9. The van der Waals surface area contributed by atoms with Crippen LogP contribution in [0.5, 0.6) is 5.75 Å². The van der Waals surface area contributed by atoms with Crippen LogP contribution in [0.2, 0.25) is 0 Å². The molecule has 0 unspecified atom stereocenters. The van der Waals surface area contributed by atoms with Crippen molar-refractivity contribution < 1.29 is 18.4 Å². The zero-order valence-corrected chi connectivity index (χ0v) is 15.8. The molecule has 0 atom stereocenters. The number of hydrogen-bond donors (Lipinski definition) is 1. The minimum atomic E-state index is -0.367. The van der Waals surface area contributed by atoms with Gasteiger partial charge in [0, 0.05) is 12.1 Å². The Morgan fingerprint density at radius 2 is 2.07 bits per heavy atom. The van der Waals surface area contributed by atoms with Crippen LogP contribution in [0, 0.1) is 5.82 Å². The van der Waals surface area contributed by atoms with E-state index in [4.69, 9.17) is 9.26 Å². The molecule has 4 aromatic rings. The third-order valence-corrected chi connectivity index (χ3v) is 4.75. The highest BCUT2D eigenvalue weighted by molar-refractivity contribution is 5.77. The average Bonchev–Trinajstić information content (AvgIpc) is 3.34. The number of aromatic nitrogens is 5. The fourth-order valence-corrected chi connectivity index (χ4v) is 3.01. The number of rotatable bonds is 7. The first-order chi connectivity index (χ1) is 14.7. The predicted molar refractivity (Wildman–Crippen MR) is 102 cm³/mol. The normalized spacial score (nSPS) is 13.5. The van der Waals surface area contributed by atoms with Gasteiger partial charge in [-0.1, -0.05) is 5.16 Å². The van der Waals surface area contributed by atoms with E-state index < -0.39 is 0 Å². The molecule has 9 nitrogen and oxygen atoms in total. The molecule has 5 rings (SSSR count). The Hall–Kier alpha value is -3.82. The van der Waals surface area contributed by atoms with Crippen LogP contribution in [0.25, 0.3) is 17.1 Å². The Bertz CT molecular complexity index is 1200. The van der Waals surface area contributed by atoms with Crippen molar-refractivity contribution in [1.29, 1.82) is 0 Å².